The average Bonchev–Trinajstić information content (AvgIpc) is 1.87. The number of hydrogen-bond donors (Lipinski definition) is 2. The summed E-state index contributed by atoms with van der Waals surface area (Å²) >= 11 is 2.80. The van der Waals surface area contributed by atoms with Crippen molar-refractivity contribution >= 4 is 22.0 Å². The molecule has 0 radical (unpaired) electrons. The standard InChI is InChI=1S/C5H6BrF2NO2/c6-1-3(4(7)8)2-9-5(10)11/h9H,1-2H2,(H,10,11). The van der Waals surface area contributed by atoms with Crippen molar-refractivity contribution < 1.29 is 18.7 Å². The third-order valence-electron chi connectivity index (χ3n) is 0.882. The molecule has 0 rings (SSSR count). The number of amides is 1. The van der Waals surface area contributed by atoms with Gasteiger partial charge in [-0.25, -0.2) is 4.79 Å². The third-order valence-corrected chi connectivity index (χ3v) is 1.56. The van der Waals surface area contributed by atoms with Gasteiger partial charge in [0, 0.05) is 17.4 Å². The number of nitrogens with one attached hydrogen (secondary N) is 1. The first kappa shape index (κ1) is 10.3. The molecule has 0 aliphatic heterocycles. The molecule has 0 bridgehead atoms. The Labute approximate surface area is 70.2 Å². The summed E-state index contributed by atoms with van der Waals surface area (Å²) in [7, 11) is 0. The molecule has 6 heteroatoms. The van der Waals surface area contributed by atoms with Gasteiger partial charge < -0.3 is 10.4 Å². The highest BCUT2D eigenvalue weighted by Gasteiger charge is 2.05. The van der Waals surface area contributed by atoms with E-state index in [0.717, 1.165) is 0 Å². The molecule has 64 valence electrons. The smallest absolute Gasteiger partial charge is 0.404 e. The fraction of sp³-hybridized carbons (Fsp3) is 0.400. The van der Waals surface area contributed by atoms with E-state index in [4.69, 9.17) is 5.11 Å². The number of alkyl halides is 1. The number of carbonyl (C=O) groups is 1. The monoisotopic (exact) mass is 229 g/mol. The normalized spacial score (nSPS) is 9.00. The number of carboxylic acid groups (broad SMARTS) is 1. The Hall–Kier alpha value is -0.650. The molecule has 0 aromatic carbocycles. The van der Waals surface area contributed by atoms with E-state index in [-0.39, 0.29) is 17.4 Å². The average molecular weight is 230 g/mol. The first-order chi connectivity index (χ1) is 5.07. The van der Waals surface area contributed by atoms with E-state index >= 15 is 0 Å². The highest BCUT2D eigenvalue weighted by molar-refractivity contribution is 9.09. The maximum absolute atomic E-state index is 11.8. The summed E-state index contributed by atoms with van der Waals surface area (Å²) in [5.74, 6) is 0. The van der Waals surface area contributed by atoms with Crippen LogP contribution in [-0.4, -0.2) is 23.1 Å². The van der Waals surface area contributed by atoms with Crippen molar-refractivity contribution in [3.63, 3.8) is 0 Å². The van der Waals surface area contributed by atoms with Crippen LogP contribution in [0.5, 0.6) is 0 Å². The molecule has 0 unspecified atom stereocenters. The molecule has 0 aliphatic rings. The van der Waals surface area contributed by atoms with E-state index in [2.05, 4.69) is 15.9 Å². The van der Waals surface area contributed by atoms with Crippen LogP contribution >= 0.6 is 15.9 Å². The molecular weight excluding hydrogens is 224 g/mol. The van der Waals surface area contributed by atoms with Crippen LogP contribution in [0.25, 0.3) is 0 Å². The summed E-state index contributed by atoms with van der Waals surface area (Å²) in [5, 5.41) is 9.84. The minimum atomic E-state index is -1.85. The van der Waals surface area contributed by atoms with Gasteiger partial charge >= 0.3 is 6.09 Å². The Kier molecular flexibility index (Phi) is 4.76. The summed E-state index contributed by atoms with van der Waals surface area (Å²) < 4.78 is 23.5. The zero-order valence-corrected chi connectivity index (χ0v) is 6.99. The van der Waals surface area contributed by atoms with Crippen molar-refractivity contribution in [2.45, 2.75) is 0 Å². The van der Waals surface area contributed by atoms with Gasteiger partial charge in [0.2, 0.25) is 0 Å². The van der Waals surface area contributed by atoms with Gasteiger partial charge in [-0.2, -0.15) is 8.78 Å². The SMILES string of the molecule is O=C(O)NCC(CBr)=C(F)F. The Morgan fingerprint density at radius 3 is 2.36 bits per heavy atom. The molecule has 3 nitrogen and oxygen atoms in total. The Morgan fingerprint density at radius 2 is 2.09 bits per heavy atom. The fourth-order valence-corrected chi connectivity index (χ4v) is 0.757. The van der Waals surface area contributed by atoms with E-state index < -0.39 is 12.2 Å². The Morgan fingerprint density at radius 1 is 1.55 bits per heavy atom. The fourth-order valence-electron chi connectivity index (χ4n) is 0.347. The van der Waals surface area contributed by atoms with Gasteiger partial charge in [0.25, 0.3) is 6.08 Å². The minimum Gasteiger partial charge on any atom is -0.465 e. The van der Waals surface area contributed by atoms with E-state index in [1.807, 2.05) is 5.32 Å². The van der Waals surface area contributed by atoms with Crippen LogP contribution < -0.4 is 5.32 Å². The predicted octanol–water partition coefficient (Wildman–Crippen LogP) is 1.80. The quantitative estimate of drug-likeness (QED) is 0.726. The van der Waals surface area contributed by atoms with Gasteiger partial charge in [-0.1, -0.05) is 15.9 Å². The number of rotatable bonds is 3. The first-order valence-corrected chi connectivity index (χ1v) is 3.76. The first-order valence-electron chi connectivity index (χ1n) is 2.63. The van der Waals surface area contributed by atoms with Crippen LogP contribution in [0.4, 0.5) is 13.6 Å². The van der Waals surface area contributed by atoms with Crippen molar-refractivity contribution in [2.75, 3.05) is 11.9 Å². The Balaban J connectivity index is 3.91. The number of hydrogen-bond acceptors (Lipinski definition) is 1. The van der Waals surface area contributed by atoms with E-state index in [1.165, 1.54) is 0 Å². The van der Waals surface area contributed by atoms with Gasteiger partial charge in [-0.15, -0.1) is 0 Å². The molecule has 0 atom stereocenters. The second-order valence-corrected chi connectivity index (χ2v) is 2.22. The maximum atomic E-state index is 11.8. The molecule has 0 spiro atoms. The summed E-state index contributed by atoms with van der Waals surface area (Å²) in [6, 6.07) is 0. The molecule has 0 fully saturated rings. The van der Waals surface area contributed by atoms with Crippen LogP contribution in [-0.2, 0) is 0 Å². The van der Waals surface area contributed by atoms with Crippen molar-refractivity contribution in [3.8, 4) is 0 Å². The predicted molar refractivity (Wildman–Crippen MR) is 39.1 cm³/mol. The van der Waals surface area contributed by atoms with Crippen molar-refractivity contribution in [2.24, 2.45) is 0 Å². The van der Waals surface area contributed by atoms with Crippen molar-refractivity contribution in [1.82, 2.24) is 5.32 Å². The van der Waals surface area contributed by atoms with Crippen molar-refractivity contribution in [1.29, 1.82) is 0 Å². The molecule has 0 heterocycles. The molecule has 0 aromatic heterocycles. The maximum Gasteiger partial charge on any atom is 0.404 e. The van der Waals surface area contributed by atoms with Gasteiger partial charge in [0.05, 0.1) is 0 Å². The minimum absolute atomic E-state index is 0.0321. The second kappa shape index (κ2) is 5.06. The lowest BCUT2D eigenvalue weighted by atomic mass is 10.3. The van der Waals surface area contributed by atoms with E-state index in [9.17, 15) is 13.6 Å². The topological polar surface area (TPSA) is 49.3 Å². The Bertz CT molecular complexity index is 179. The van der Waals surface area contributed by atoms with Crippen LogP contribution in [0.15, 0.2) is 11.7 Å². The molecule has 0 saturated heterocycles. The highest BCUT2D eigenvalue weighted by atomic mass is 79.9. The van der Waals surface area contributed by atoms with Crippen LogP contribution in [0.3, 0.4) is 0 Å². The largest absolute Gasteiger partial charge is 0.465 e. The zero-order chi connectivity index (χ0) is 8.85. The molecule has 0 aliphatic carbocycles. The highest BCUT2D eigenvalue weighted by Crippen LogP contribution is 2.08. The zero-order valence-electron chi connectivity index (χ0n) is 5.40. The molecular formula is C5H6BrF2NO2. The lowest BCUT2D eigenvalue weighted by Crippen LogP contribution is -2.23. The number of halogens is 3. The lowest BCUT2D eigenvalue weighted by molar-refractivity contribution is 0.195. The van der Waals surface area contributed by atoms with Crippen LogP contribution in [0.2, 0.25) is 0 Å². The summed E-state index contributed by atoms with van der Waals surface area (Å²) in [6.45, 7) is -0.344. The summed E-state index contributed by atoms with van der Waals surface area (Å²) in [6.07, 6.45) is -3.17. The molecule has 11 heavy (non-hydrogen) atoms. The summed E-state index contributed by atoms with van der Waals surface area (Å²) in [4.78, 5) is 9.85. The van der Waals surface area contributed by atoms with Crippen molar-refractivity contribution in [3.05, 3.63) is 11.7 Å². The third kappa shape index (κ3) is 4.72. The van der Waals surface area contributed by atoms with E-state index in [0.29, 0.717) is 0 Å². The molecule has 0 saturated carbocycles. The molecule has 0 aromatic rings. The summed E-state index contributed by atoms with van der Waals surface area (Å²) in [5.41, 5.74) is -0.257. The van der Waals surface area contributed by atoms with Gasteiger partial charge in [0.1, 0.15) is 0 Å². The van der Waals surface area contributed by atoms with Gasteiger partial charge in [0.15, 0.2) is 0 Å². The van der Waals surface area contributed by atoms with Crippen LogP contribution in [0, 0.1) is 0 Å². The van der Waals surface area contributed by atoms with Crippen LogP contribution in [0.1, 0.15) is 0 Å². The second-order valence-electron chi connectivity index (χ2n) is 1.66. The van der Waals surface area contributed by atoms with Gasteiger partial charge in [-0.05, 0) is 0 Å². The molecule has 1 amide bonds. The van der Waals surface area contributed by atoms with E-state index in [1.54, 1.807) is 0 Å². The molecule has 2 N–H and O–H groups in total. The lowest BCUT2D eigenvalue weighted by Gasteiger charge is -2.00. The van der Waals surface area contributed by atoms with Gasteiger partial charge in [-0.3, -0.25) is 0 Å².